The standard InChI is InChI=1S/C17H21F3N4OS/c1-12(14-6-4-10-26-14)11-24-16(21-2)23-8-9-25-15-13(17(18,19)20)5-3-7-22-15/h3-7,10,12H,8-9,11H2,1-2H3,(H2,21,23,24). The Bertz CT molecular complexity index is 704. The molecule has 0 aromatic carbocycles. The lowest BCUT2D eigenvalue weighted by Crippen LogP contribution is -2.40. The molecule has 2 heterocycles. The van der Waals surface area contributed by atoms with Crippen molar-refractivity contribution in [1.82, 2.24) is 15.6 Å². The summed E-state index contributed by atoms with van der Waals surface area (Å²) in [6.07, 6.45) is -3.23. The molecule has 2 aromatic heterocycles. The summed E-state index contributed by atoms with van der Waals surface area (Å²) >= 11 is 1.69. The minimum Gasteiger partial charge on any atom is -0.475 e. The van der Waals surface area contributed by atoms with E-state index in [9.17, 15) is 13.2 Å². The maximum absolute atomic E-state index is 12.9. The largest absolute Gasteiger partial charge is 0.475 e. The maximum Gasteiger partial charge on any atom is 0.421 e. The third-order valence-electron chi connectivity index (χ3n) is 3.54. The van der Waals surface area contributed by atoms with Gasteiger partial charge in [0.1, 0.15) is 12.2 Å². The molecule has 0 fully saturated rings. The highest BCUT2D eigenvalue weighted by Crippen LogP contribution is 2.34. The summed E-state index contributed by atoms with van der Waals surface area (Å²) in [7, 11) is 1.63. The molecule has 0 amide bonds. The number of nitrogens with zero attached hydrogens (tertiary/aromatic N) is 2. The van der Waals surface area contributed by atoms with Gasteiger partial charge in [-0.25, -0.2) is 4.98 Å². The van der Waals surface area contributed by atoms with Crippen LogP contribution in [0.2, 0.25) is 0 Å². The van der Waals surface area contributed by atoms with E-state index in [0.717, 1.165) is 6.07 Å². The summed E-state index contributed by atoms with van der Waals surface area (Å²) in [5.41, 5.74) is -0.882. The fourth-order valence-electron chi connectivity index (χ4n) is 2.18. The lowest BCUT2D eigenvalue weighted by Gasteiger charge is -2.16. The molecule has 0 radical (unpaired) electrons. The van der Waals surface area contributed by atoms with Crippen molar-refractivity contribution in [3.63, 3.8) is 0 Å². The van der Waals surface area contributed by atoms with E-state index in [0.29, 0.717) is 25.0 Å². The molecule has 9 heteroatoms. The minimum absolute atomic E-state index is 0.0290. The first-order valence-electron chi connectivity index (χ1n) is 8.04. The van der Waals surface area contributed by atoms with Crippen molar-refractivity contribution in [3.05, 3.63) is 46.3 Å². The van der Waals surface area contributed by atoms with Gasteiger partial charge in [0, 0.05) is 30.6 Å². The number of pyridine rings is 1. The summed E-state index contributed by atoms with van der Waals surface area (Å²) in [6, 6.07) is 6.26. The molecule has 0 aliphatic carbocycles. The topological polar surface area (TPSA) is 58.5 Å². The Kier molecular flexibility index (Phi) is 7.26. The van der Waals surface area contributed by atoms with Gasteiger partial charge < -0.3 is 15.4 Å². The number of guanidine groups is 1. The van der Waals surface area contributed by atoms with Crippen molar-refractivity contribution in [1.29, 1.82) is 0 Å². The number of hydrogen-bond donors (Lipinski definition) is 2. The monoisotopic (exact) mass is 386 g/mol. The van der Waals surface area contributed by atoms with Gasteiger partial charge in [0.25, 0.3) is 0 Å². The number of alkyl halides is 3. The molecular weight excluding hydrogens is 365 g/mol. The number of halogens is 3. The van der Waals surface area contributed by atoms with Crippen molar-refractivity contribution in [2.45, 2.75) is 19.0 Å². The highest BCUT2D eigenvalue weighted by molar-refractivity contribution is 7.10. The lowest BCUT2D eigenvalue weighted by molar-refractivity contribution is -0.139. The van der Waals surface area contributed by atoms with Crippen LogP contribution in [-0.4, -0.2) is 37.7 Å². The van der Waals surface area contributed by atoms with Crippen LogP contribution in [0.1, 0.15) is 23.3 Å². The van der Waals surface area contributed by atoms with Crippen LogP contribution in [0.4, 0.5) is 13.2 Å². The first-order chi connectivity index (χ1) is 12.4. The minimum atomic E-state index is -4.49. The van der Waals surface area contributed by atoms with Crippen molar-refractivity contribution in [2.75, 3.05) is 26.7 Å². The zero-order chi connectivity index (χ0) is 19.0. The lowest BCUT2D eigenvalue weighted by atomic mass is 10.1. The summed E-state index contributed by atoms with van der Waals surface area (Å²) in [5, 5.41) is 8.22. The Hall–Kier alpha value is -2.29. The first kappa shape index (κ1) is 20.0. The third kappa shape index (κ3) is 5.91. The van der Waals surface area contributed by atoms with Crippen LogP contribution in [0.5, 0.6) is 5.88 Å². The zero-order valence-electron chi connectivity index (χ0n) is 14.5. The van der Waals surface area contributed by atoms with Crippen LogP contribution in [-0.2, 0) is 6.18 Å². The fourth-order valence-corrected chi connectivity index (χ4v) is 2.97. The molecule has 2 rings (SSSR count). The van der Waals surface area contributed by atoms with Crippen molar-refractivity contribution < 1.29 is 17.9 Å². The van der Waals surface area contributed by atoms with Gasteiger partial charge in [0.15, 0.2) is 5.96 Å². The summed E-state index contributed by atoms with van der Waals surface area (Å²) in [4.78, 5) is 9.01. The Balaban J connectivity index is 1.76. The first-order valence-corrected chi connectivity index (χ1v) is 8.92. The highest BCUT2D eigenvalue weighted by Gasteiger charge is 2.34. The van der Waals surface area contributed by atoms with Gasteiger partial charge in [-0.05, 0) is 23.6 Å². The number of thiophene rings is 1. The van der Waals surface area contributed by atoms with Crippen LogP contribution in [0.3, 0.4) is 0 Å². The van der Waals surface area contributed by atoms with Crippen LogP contribution in [0.15, 0.2) is 40.8 Å². The Labute approximate surface area is 154 Å². The van der Waals surface area contributed by atoms with Crippen molar-refractivity contribution in [2.24, 2.45) is 4.99 Å². The molecule has 1 atom stereocenters. The second-order valence-corrected chi connectivity index (χ2v) is 6.48. The van der Waals surface area contributed by atoms with E-state index in [-0.39, 0.29) is 6.61 Å². The maximum atomic E-state index is 12.9. The van der Waals surface area contributed by atoms with E-state index >= 15 is 0 Å². The molecule has 1 unspecified atom stereocenters. The van der Waals surface area contributed by atoms with E-state index in [1.54, 1.807) is 18.4 Å². The Morgan fingerprint density at radius 2 is 2.12 bits per heavy atom. The molecule has 2 N–H and O–H groups in total. The van der Waals surface area contributed by atoms with Crippen LogP contribution < -0.4 is 15.4 Å². The molecule has 0 saturated carbocycles. The van der Waals surface area contributed by atoms with Crippen LogP contribution in [0.25, 0.3) is 0 Å². The molecule has 0 aliphatic heterocycles. The number of nitrogens with one attached hydrogen (secondary N) is 2. The van der Waals surface area contributed by atoms with Gasteiger partial charge in [-0.3, -0.25) is 4.99 Å². The average molecular weight is 386 g/mol. The fraction of sp³-hybridized carbons (Fsp3) is 0.412. The number of aliphatic imine (C=N–C) groups is 1. The van der Waals surface area contributed by atoms with Gasteiger partial charge in [-0.2, -0.15) is 13.2 Å². The van der Waals surface area contributed by atoms with E-state index in [4.69, 9.17) is 4.74 Å². The number of aromatic nitrogens is 1. The third-order valence-corrected chi connectivity index (χ3v) is 4.64. The number of ether oxygens (including phenoxy) is 1. The molecule has 26 heavy (non-hydrogen) atoms. The van der Waals surface area contributed by atoms with Crippen LogP contribution in [0, 0.1) is 0 Å². The molecule has 5 nitrogen and oxygen atoms in total. The molecule has 0 bridgehead atoms. The van der Waals surface area contributed by atoms with Crippen LogP contribution >= 0.6 is 11.3 Å². The van der Waals surface area contributed by atoms with E-state index in [2.05, 4.69) is 33.6 Å². The number of hydrogen-bond acceptors (Lipinski definition) is 4. The van der Waals surface area contributed by atoms with E-state index in [1.807, 2.05) is 11.4 Å². The summed E-state index contributed by atoms with van der Waals surface area (Å²) in [6.45, 7) is 3.12. The normalized spacial score (nSPS) is 13.3. The molecular formula is C17H21F3N4OS. The molecule has 2 aromatic rings. The Morgan fingerprint density at radius 1 is 1.31 bits per heavy atom. The SMILES string of the molecule is CN=C(NCCOc1ncccc1C(F)(F)F)NCC(C)c1cccs1. The quantitative estimate of drug-likeness (QED) is 0.434. The van der Waals surface area contributed by atoms with Crippen molar-refractivity contribution in [3.8, 4) is 5.88 Å². The Morgan fingerprint density at radius 3 is 2.77 bits per heavy atom. The van der Waals surface area contributed by atoms with E-state index in [1.165, 1.54) is 17.1 Å². The van der Waals surface area contributed by atoms with Gasteiger partial charge in [0.05, 0.1) is 6.54 Å². The molecule has 142 valence electrons. The predicted octanol–water partition coefficient (Wildman–Crippen LogP) is 3.51. The smallest absolute Gasteiger partial charge is 0.421 e. The van der Waals surface area contributed by atoms with Gasteiger partial charge in [0.2, 0.25) is 5.88 Å². The predicted molar refractivity (Wildman–Crippen MR) is 96.8 cm³/mol. The average Bonchev–Trinajstić information content (AvgIpc) is 3.15. The number of rotatable bonds is 7. The van der Waals surface area contributed by atoms with Gasteiger partial charge in [-0.15, -0.1) is 11.3 Å². The molecule has 0 saturated heterocycles. The van der Waals surface area contributed by atoms with Crippen molar-refractivity contribution >= 4 is 17.3 Å². The second kappa shape index (κ2) is 9.42. The molecule has 0 spiro atoms. The second-order valence-electron chi connectivity index (χ2n) is 5.50. The van der Waals surface area contributed by atoms with Gasteiger partial charge in [-0.1, -0.05) is 13.0 Å². The molecule has 0 aliphatic rings. The summed E-state index contributed by atoms with van der Waals surface area (Å²) in [5.74, 6) is 0.470. The van der Waals surface area contributed by atoms with E-state index < -0.39 is 17.6 Å². The summed E-state index contributed by atoms with van der Waals surface area (Å²) < 4.78 is 43.8. The van der Waals surface area contributed by atoms with Gasteiger partial charge >= 0.3 is 6.18 Å². The zero-order valence-corrected chi connectivity index (χ0v) is 15.3. The highest BCUT2D eigenvalue weighted by atomic mass is 32.1.